The zero-order valence-electron chi connectivity index (χ0n) is 8.64. The summed E-state index contributed by atoms with van der Waals surface area (Å²) in [5.41, 5.74) is 0. The molecule has 0 aliphatic rings. The Balaban J connectivity index is 2.03. The van der Waals surface area contributed by atoms with E-state index in [1.54, 1.807) is 35.4 Å². The van der Waals surface area contributed by atoms with Gasteiger partial charge < -0.3 is 9.32 Å². The predicted octanol–water partition coefficient (Wildman–Crippen LogP) is 3.38. The largest absolute Gasteiger partial charge is 0.459 e. The Morgan fingerprint density at radius 3 is 3.00 bits per heavy atom. The highest BCUT2D eigenvalue weighted by Gasteiger charge is 2.14. The SMILES string of the molecule is CN(Cc1cc(Br)cs1)C(=O)c1ccco1. The van der Waals surface area contributed by atoms with Crippen LogP contribution in [0, 0.1) is 0 Å². The van der Waals surface area contributed by atoms with Crippen LogP contribution in [0.1, 0.15) is 15.4 Å². The molecule has 0 bridgehead atoms. The quantitative estimate of drug-likeness (QED) is 0.870. The molecule has 0 aromatic carbocycles. The second-order valence-corrected chi connectivity index (χ2v) is 5.28. The monoisotopic (exact) mass is 299 g/mol. The summed E-state index contributed by atoms with van der Waals surface area (Å²) in [5, 5.41) is 2.00. The molecule has 2 rings (SSSR count). The third kappa shape index (κ3) is 2.54. The molecule has 0 atom stereocenters. The summed E-state index contributed by atoms with van der Waals surface area (Å²) in [5.74, 6) is 0.271. The second-order valence-electron chi connectivity index (χ2n) is 3.37. The fraction of sp³-hybridized carbons (Fsp3) is 0.182. The Hall–Kier alpha value is -1.07. The molecule has 2 aromatic heterocycles. The molecule has 2 aromatic rings. The third-order valence-corrected chi connectivity index (χ3v) is 3.78. The summed E-state index contributed by atoms with van der Waals surface area (Å²) in [6.45, 7) is 0.593. The molecule has 2 heterocycles. The van der Waals surface area contributed by atoms with Crippen LogP contribution in [-0.4, -0.2) is 17.9 Å². The lowest BCUT2D eigenvalue weighted by Gasteiger charge is -2.14. The van der Waals surface area contributed by atoms with Crippen molar-refractivity contribution in [1.82, 2.24) is 4.90 Å². The van der Waals surface area contributed by atoms with Crippen molar-refractivity contribution < 1.29 is 9.21 Å². The maximum atomic E-state index is 11.8. The van der Waals surface area contributed by atoms with E-state index in [0.29, 0.717) is 12.3 Å². The van der Waals surface area contributed by atoms with Crippen LogP contribution in [0.15, 0.2) is 38.7 Å². The zero-order chi connectivity index (χ0) is 11.5. The smallest absolute Gasteiger partial charge is 0.289 e. The number of amides is 1. The molecule has 0 aliphatic heterocycles. The molecule has 16 heavy (non-hydrogen) atoms. The lowest BCUT2D eigenvalue weighted by molar-refractivity contribution is 0.0755. The van der Waals surface area contributed by atoms with Crippen molar-refractivity contribution in [2.24, 2.45) is 0 Å². The fourth-order valence-corrected chi connectivity index (χ4v) is 2.83. The van der Waals surface area contributed by atoms with E-state index in [1.807, 2.05) is 11.4 Å². The Labute approximate surface area is 106 Å². The molecule has 0 unspecified atom stereocenters. The molecular formula is C11H10BrNO2S. The summed E-state index contributed by atoms with van der Waals surface area (Å²) >= 11 is 5.01. The Kier molecular flexibility index (Phi) is 3.46. The normalized spacial score (nSPS) is 10.4. The van der Waals surface area contributed by atoms with E-state index in [4.69, 9.17) is 4.42 Å². The van der Waals surface area contributed by atoms with Crippen LogP contribution in [0.5, 0.6) is 0 Å². The van der Waals surface area contributed by atoms with Crippen LogP contribution >= 0.6 is 27.3 Å². The van der Waals surface area contributed by atoms with Gasteiger partial charge in [0.05, 0.1) is 12.8 Å². The van der Waals surface area contributed by atoms with Crippen molar-refractivity contribution in [3.63, 3.8) is 0 Å². The fourth-order valence-electron chi connectivity index (χ4n) is 1.33. The highest BCUT2D eigenvalue weighted by Crippen LogP contribution is 2.21. The van der Waals surface area contributed by atoms with Gasteiger partial charge in [0.2, 0.25) is 0 Å². The maximum Gasteiger partial charge on any atom is 0.289 e. The highest BCUT2D eigenvalue weighted by molar-refractivity contribution is 9.10. The van der Waals surface area contributed by atoms with Gasteiger partial charge >= 0.3 is 0 Å². The topological polar surface area (TPSA) is 33.5 Å². The van der Waals surface area contributed by atoms with E-state index >= 15 is 0 Å². The molecule has 0 saturated heterocycles. The van der Waals surface area contributed by atoms with Gasteiger partial charge in [0.1, 0.15) is 0 Å². The molecular weight excluding hydrogens is 290 g/mol. The van der Waals surface area contributed by atoms with Crippen molar-refractivity contribution in [2.45, 2.75) is 6.54 Å². The average molecular weight is 300 g/mol. The number of hydrogen-bond acceptors (Lipinski definition) is 3. The number of furan rings is 1. The van der Waals surface area contributed by atoms with Crippen molar-refractivity contribution in [2.75, 3.05) is 7.05 Å². The van der Waals surface area contributed by atoms with E-state index in [-0.39, 0.29) is 5.91 Å². The first-order valence-electron chi connectivity index (χ1n) is 4.68. The van der Waals surface area contributed by atoms with Crippen LogP contribution in [0.3, 0.4) is 0 Å². The summed E-state index contributed by atoms with van der Waals surface area (Å²) in [6, 6.07) is 5.39. The standard InChI is InChI=1S/C11H10BrNO2S/c1-13(6-9-5-8(12)7-16-9)11(14)10-3-2-4-15-10/h2-5,7H,6H2,1H3. The minimum absolute atomic E-state index is 0.102. The Bertz CT molecular complexity index is 478. The first kappa shape index (κ1) is 11.4. The molecule has 0 saturated carbocycles. The second kappa shape index (κ2) is 4.84. The number of nitrogens with zero attached hydrogens (tertiary/aromatic N) is 1. The van der Waals surface area contributed by atoms with Crippen molar-refractivity contribution in [1.29, 1.82) is 0 Å². The van der Waals surface area contributed by atoms with Gasteiger partial charge in [-0.2, -0.15) is 0 Å². The van der Waals surface area contributed by atoms with E-state index in [9.17, 15) is 4.79 Å². The molecule has 0 spiro atoms. The summed E-state index contributed by atoms with van der Waals surface area (Å²) in [6.07, 6.45) is 1.50. The molecule has 0 fully saturated rings. The van der Waals surface area contributed by atoms with Crippen LogP contribution in [0.25, 0.3) is 0 Å². The minimum Gasteiger partial charge on any atom is -0.459 e. The van der Waals surface area contributed by atoms with Crippen molar-refractivity contribution >= 4 is 33.2 Å². The van der Waals surface area contributed by atoms with Gasteiger partial charge in [-0.25, -0.2) is 0 Å². The Morgan fingerprint density at radius 1 is 1.62 bits per heavy atom. The van der Waals surface area contributed by atoms with Gasteiger partial charge in [0, 0.05) is 21.8 Å². The van der Waals surface area contributed by atoms with Gasteiger partial charge in [-0.15, -0.1) is 11.3 Å². The minimum atomic E-state index is -0.102. The highest BCUT2D eigenvalue weighted by atomic mass is 79.9. The summed E-state index contributed by atoms with van der Waals surface area (Å²) < 4.78 is 6.11. The number of rotatable bonds is 3. The summed E-state index contributed by atoms with van der Waals surface area (Å²) in [7, 11) is 1.76. The first-order valence-corrected chi connectivity index (χ1v) is 6.36. The van der Waals surface area contributed by atoms with Gasteiger partial charge in [-0.3, -0.25) is 4.79 Å². The van der Waals surface area contributed by atoms with Crippen molar-refractivity contribution in [3.05, 3.63) is 45.0 Å². The van der Waals surface area contributed by atoms with Crippen LogP contribution < -0.4 is 0 Å². The molecule has 0 aliphatic carbocycles. The lowest BCUT2D eigenvalue weighted by Crippen LogP contribution is -2.25. The predicted molar refractivity (Wildman–Crippen MR) is 66.5 cm³/mol. The van der Waals surface area contributed by atoms with Gasteiger partial charge in [-0.05, 0) is 34.1 Å². The Morgan fingerprint density at radius 2 is 2.44 bits per heavy atom. The van der Waals surface area contributed by atoms with E-state index in [2.05, 4.69) is 15.9 Å². The first-order chi connectivity index (χ1) is 7.66. The lowest BCUT2D eigenvalue weighted by atomic mass is 10.3. The van der Waals surface area contributed by atoms with Gasteiger partial charge in [0.15, 0.2) is 5.76 Å². The summed E-state index contributed by atoms with van der Waals surface area (Å²) in [4.78, 5) is 14.6. The molecule has 3 nitrogen and oxygen atoms in total. The van der Waals surface area contributed by atoms with E-state index < -0.39 is 0 Å². The van der Waals surface area contributed by atoms with Crippen LogP contribution in [0.4, 0.5) is 0 Å². The number of thiophene rings is 1. The molecule has 84 valence electrons. The molecule has 0 N–H and O–H groups in total. The van der Waals surface area contributed by atoms with E-state index in [1.165, 1.54) is 6.26 Å². The van der Waals surface area contributed by atoms with Crippen LogP contribution in [0.2, 0.25) is 0 Å². The average Bonchev–Trinajstić information content (AvgIpc) is 2.88. The maximum absolute atomic E-state index is 11.8. The number of carbonyl (C=O) groups excluding carboxylic acids is 1. The van der Waals surface area contributed by atoms with Crippen LogP contribution in [-0.2, 0) is 6.54 Å². The number of halogens is 1. The van der Waals surface area contributed by atoms with Gasteiger partial charge in [0.25, 0.3) is 5.91 Å². The number of carbonyl (C=O) groups is 1. The third-order valence-electron chi connectivity index (χ3n) is 2.09. The zero-order valence-corrected chi connectivity index (χ0v) is 11.0. The molecule has 1 amide bonds. The molecule has 0 radical (unpaired) electrons. The van der Waals surface area contributed by atoms with Gasteiger partial charge in [-0.1, -0.05) is 0 Å². The van der Waals surface area contributed by atoms with Crippen molar-refractivity contribution in [3.8, 4) is 0 Å². The van der Waals surface area contributed by atoms with E-state index in [0.717, 1.165) is 9.35 Å². The number of hydrogen-bond donors (Lipinski definition) is 0. The molecule has 5 heteroatoms.